The molecule has 0 aliphatic heterocycles. The smallest absolute Gasteiger partial charge is 0.234 e. The summed E-state index contributed by atoms with van der Waals surface area (Å²) >= 11 is 7.40. The van der Waals surface area contributed by atoms with E-state index in [0.29, 0.717) is 28.2 Å². The van der Waals surface area contributed by atoms with Crippen molar-refractivity contribution in [1.82, 2.24) is 14.8 Å². The molecular formula is C23H25ClN4O2S. The molecule has 0 bridgehead atoms. The van der Waals surface area contributed by atoms with Gasteiger partial charge in [0.05, 0.1) is 16.5 Å². The fourth-order valence-corrected chi connectivity index (χ4v) is 4.00. The van der Waals surface area contributed by atoms with E-state index in [1.807, 2.05) is 49.6 Å². The van der Waals surface area contributed by atoms with Crippen LogP contribution in [0.4, 0.5) is 5.69 Å². The van der Waals surface area contributed by atoms with Crippen molar-refractivity contribution in [3.05, 3.63) is 77.1 Å². The lowest BCUT2D eigenvalue weighted by atomic mass is 10.1. The number of aryl methyl sites for hydroxylation is 2. The molecule has 0 spiro atoms. The lowest BCUT2D eigenvalue weighted by molar-refractivity contribution is -0.113. The maximum Gasteiger partial charge on any atom is 0.234 e. The van der Waals surface area contributed by atoms with E-state index < -0.39 is 0 Å². The fraction of sp³-hybridized carbons (Fsp3) is 0.261. The van der Waals surface area contributed by atoms with Gasteiger partial charge in [-0.25, -0.2) is 0 Å². The zero-order chi connectivity index (χ0) is 22.4. The van der Waals surface area contributed by atoms with E-state index in [1.165, 1.54) is 17.3 Å². The van der Waals surface area contributed by atoms with E-state index >= 15 is 0 Å². The maximum atomic E-state index is 12.4. The Labute approximate surface area is 191 Å². The van der Waals surface area contributed by atoms with Crippen LogP contribution < -0.4 is 10.1 Å². The van der Waals surface area contributed by atoms with E-state index in [4.69, 9.17) is 16.3 Å². The molecular weight excluding hydrogens is 432 g/mol. The normalized spacial score (nSPS) is 11.7. The van der Waals surface area contributed by atoms with E-state index in [-0.39, 0.29) is 17.8 Å². The van der Waals surface area contributed by atoms with Crippen molar-refractivity contribution in [2.75, 3.05) is 11.1 Å². The number of halogens is 1. The van der Waals surface area contributed by atoms with Crippen LogP contribution >= 0.6 is 23.4 Å². The molecule has 8 heteroatoms. The summed E-state index contributed by atoms with van der Waals surface area (Å²) in [7, 11) is 0. The van der Waals surface area contributed by atoms with Crippen molar-refractivity contribution >= 4 is 35.0 Å². The summed E-state index contributed by atoms with van der Waals surface area (Å²) in [5, 5.41) is 12.5. The standard InChI is InChI=1S/C23H25ClN4O2S/c1-5-12-28-22(17(4)30-20-11-10-15(2)13-16(20)3)26-27-23(28)31-14-21(29)25-19-9-7-6-8-18(19)24/h5-11,13,17H,1,12,14H2,2-4H3,(H,25,29). The highest BCUT2D eigenvalue weighted by Crippen LogP contribution is 2.27. The zero-order valence-electron chi connectivity index (χ0n) is 17.8. The quantitative estimate of drug-likeness (QED) is 0.335. The number of carbonyl (C=O) groups is 1. The van der Waals surface area contributed by atoms with Crippen molar-refractivity contribution in [3.8, 4) is 5.75 Å². The first-order valence-corrected chi connectivity index (χ1v) is 11.2. The number of hydrogen-bond acceptors (Lipinski definition) is 5. The van der Waals surface area contributed by atoms with Gasteiger partial charge in [-0.05, 0) is 44.5 Å². The van der Waals surface area contributed by atoms with Crippen LogP contribution in [0.5, 0.6) is 5.75 Å². The third kappa shape index (κ3) is 5.89. The summed E-state index contributed by atoms with van der Waals surface area (Å²) in [5.74, 6) is 1.48. The summed E-state index contributed by atoms with van der Waals surface area (Å²) in [6.45, 7) is 10.3. The number of anilines is 1. The number of carbonyl (C=O) groups excluding carboxylic acids is 1. The van der Waals surface area contributed by atoms with Crippen LogP contribution in [-0.4, -0.2) is 26.4 Å². The average molecular weight is 457 g/mol. The van der Waals surface area contributed by atoms with Crippen LogP contribution in [0.3, 0.4) is 0 Å². The summed E-state index contributed by atoms with van der Waals surface area (Å²) in [6, 6.07) is 13.2. The Kier molecular flexibility index (Phi) is 7.76. The van der Waals surface area contributed by atoms with Gasteiger partial charge in [-0.15, -0.1) is 16.8 Å². The van der Waals surface area contributed by atoms with Gasteiger partial charge in [-0.1, -0.05) is 59.3 Å². The molecule has 0 radical (unpaired) electrons. The number of benzene rings is 2. The molecule has 31 heavy (non-hydrogen) atoms. The van der Waals surface area contributed by atoms with Gasteiger partial charge in [0.2, 0.25) is 5.91 Å². The third-order valence-corrected chi connectivity index (χ3v) is 5.83. The Morgan fingerprint density at radius 2 is 2.06 bits per heavy atom. The van der Waals surface area contributed by atoms with Crippen LogP contribution in [0.1, 0.15) is 30.0 Å². The number of allylic oxidation sites excluding steroid dienone is 1. The number of amides is 1. The zero-order valence-corrected chi connectivity index (χ0v) is 19.3. The van der Waals surface area contributed by atoms with Gasteiger partial charge in [0.25, 0.3) is 0 Å². The number of nitrogens with zero attached hydrogens (tertiary/aromatic N) is 3. The highest BCUT2D eigenvalue weighted by molar-refractivity contribution is 7.99. The number of para-hydroxylation sites is 1. The second-order valence-corrected chi connectivity index (χ2v) is 8.44. The molecule has 0 aliphatic rings. The predicted molar refractivity (Wildman–Crippen MR) is 126 cm³/mol. The highest BCUT2D eigenvalue weighted by atomic mass is 35.5. The van der Waals surface area contributed by atoms with Gasteiger partial charge in [-0.2, -0.15) is 0 Å². The van der Waals surface area contributed by atoms with Crippen molar-refractivity contribution < 1.29 is 9.53 Å². The molecule has 1 unspecified atom stereocenters. The Balaban J connectivity index is 1.70. The Morgan fingerprint density at radius 3 is 2.77 bits per heavy atom. The molecule has 3 aromatic rings. The van der Waals surface area contributed by atoms with Gasteiger partial charge in [-0.3, -0.25) is 9.36 Å². The summed E-state index contributed by atoms with van der Waals surface area (Å²) in [5.41, 5.74) is 2.83. The van der Waals surface area contributed by atoms with Crippen LogP contribution in [-0.2, 0) is 11.3 Å². The molecule has 1 amide bonds. The van der Waals surface area contributed by atoms with Crippen LogP contribution in [0, 0.1) is 13.8 Å². The number of rotatable bonds is 9. The first kappa shape index (κ1) is 22.9. The third-order valence-electron chi connectivity index (χ3n) is 4.54. The lowest BCUT2D eigenvalue weighted by Crippen LogP contribution is -2.16. The topological polar surface area (TPSA) is 69.0 Å². The molecule has 0 saturated heterocycles. The number of nitrogens with one attached hydrogen (secondary N) is 1. The summed E-state index contributed by atoms with van der Waals surface area (Å²) in [4.78, 5) is 12.4. The largest absolute Gasteiger partial charge is 0.482 e. The van der Waals surface area contributed by atoms with E-state index in [0.717, 1.165) is 11.3 Å². The summed E-state index contributed by atoms with van der Waals surface area (Å²) < 4.78 is 8.05. The van der Waals surface area contributed by atoms with E-state index in [1.54, 1.807) is 18.2 Å². The molecule has 0 fully saturated rings. The summed E-state index contributed by atoms with van der Waals surface area (Å²) in [6.07, 6.45) is 1.45. The second-order valence-electron chi connectivity index (χ2n) is 7.09. The van der Waals surface area contributed by atoms with Gasteiger partial charge < -0.3 is 10.1 Å². The van der Waals surface area contributed by atoms with Gasteiger partial charge in [0.15, 0.2) is 17.1 Å². The monoisotopic (exact) mass is 456 g/mol. The number of hydrogen-bond donors (Lipinski definition) is 1. The first-order valence-electron chi connectivity index (χ1n) is 9.84. The van der Waals surface area contributed by atoms with Crippen molar-refractivity contribution in [2.24, 2.45) is 0 Å². The van der Waals surface area contributed by atoms with E-state index in [9.17, 15) is 4.79 Å². The molecule has 2 aromatic carbocycles. The Morgan fingerprint density at radius 1 is 1.29 bits per heavy atom. The highest BCUT2D eigenvalue weighted by Gasteiger charge is 2.20. The van der Waals surface area contributed by atoms with E-state index in [2.05, 4.69) is 28.2 Å². The van der Waals surface area contributed by atoms with Crippen LogP contribution in [0.25, 0.3) is 0 Å². The fourth-order valence-electron chi connectivity index (χ4n) is 3.06. The molecule has 162 valence electrons. The van der Waals surface area contributed by atoms with Crippen molar-refractivity contribution in [1.29, 1.82) is 0 Å². The first-order chi connectivity index (χ1) is 14.9. The molecule has 3 rings (SSSR count). The predicted octanol–water partition coefficient (Wildman–Crippen LogP) is 5.61. The second kappa shape index (κ2) is 10.5. The number of ether oxygens (including phenoxy) is 1. The van der Waals surface area contributed by atoms with Gasteiger partial charge >= 0.3 is 0 Å². The minimum atomic E-state index is -0.319. The minimum Gasteiger partial charge on any atom is -0.482 e. The van der Waals surface area contributed by atoms with Gasteiger partial charge in [0.1, 0.15) is 5.75 Å². The van der Waals surface area contributed by atoms with Crippen molar-refractivity contribution in [3.63, 3.8) is 0 Å². The number of aromatic nitrogens is 3. The minimum absolute atomic E-state index is 0.173. The van der Waals surface area contributed by atoms with Crippen LogP contribution in [0.15, 0.2) is 60.3 Å². The molecule has 1 atom stereocenters. The lowest BCUT2D eigenvalue weighted by Gasteiger charge is -2.17. The van der Waals surface area contributed by atoms with Gasteiger partial charge in [0, 0.05) is 6.54 Å². The Hall–Kier alpha value is -2.77. The molecule has 6 nitrogen and oxygen atoms in total. The van der Waals surface area contributed by atoms with Crippen molar-refractivity contribution in [2.45, 2.75) is 38.6 Å². The molecule has 1 N–H and O–H groups in total. The molecule has 1 heterocycles. The van der Waals surface area contributed by atoms with Crippen LogP contribution in [0.2, 0.25) is 5.02 Å². The maximum absolute atomic E-state index is 12.4. The molecule has 0 aliphatic carbocycles. The average Bonchev–Trinajstić information content (AvgIpc) is 3.13. The SMILES string of the molecule is C=CCn1c(SCC(=O)Nc2ccccc2Cl)nnc1C(C)Oc1ccc(C)cc1C. The Bertz CT molecular complexity index is 1080. The molecule has 1 aromatic heterocycles. The number of thioether (sulfide) groups is 1. The molecule has 0 saturated carbocycles.